The molecule has 0 aliphatic rings. The number of aryl methyl sites for hydroxylation is 1. The Morgan fingerprint density at radius 3 is 2.70 bits per heavy atom. The van der Waals surface area contributed by atoms with E-state index in [2.05, 4.69) is 27.5 Å². The molecule has 0 radical (unpaired) electrons. The van der Waals surface area contributed by atoms with Crippen LogP contribution in [0.15, 0.2) is 41.5 Å². The molecule has 0 fully saturated rings. The lowest BCUT2D eigenvalue weighted by Gasteiger charge is -2.12. The molecule has 1 aromatic heterocycles. The number of hydrogen-bond acceptors (Lipinski definition) is 4. The quantitative estimate of drug-likeness (QED) is 0.443. The molecule has 0 atom stereocenters. The number of nitrogens with one attached hydrogen (secondary N) is 2. The zero-order valence-electron chi connectivity index (χ0n) is 13.7. The van der Waals surface area contributed by atoms with Crippen LogP contribution in [0.3, 0.4) is 0 Å². The van der Waals surface area contributed by atoms with Crippen molar-refractivity contribution >= 4 is 17.3 Å². The number of para-hydroxylation sites is 1. The second kappa shape index (κ2) is 9.84. The lowest BCUT2D eigenvalue weighted by Crippen LogP contribution is -2.40. The van der Waals surface area contributed by atoms with E-state index in [0.29, 0.717) is 13.2 Å². The Hall–Kier alpha value is -2.08. The van der Waals surface area contributed by atoms with Gasteiger partial charge in [-0.25, -0.2) is 4.98 Å². The number of hydrogen-bond donors (Lipinski definition) is 2. The average Bonchev–Trinajstić information content (AvgIpc) is 3.06. The molecule has 2 aromatic rings. The molecule has 0 saturated carbocycles. The van der Waals surface area contributed by atoms with Crippen LogP contribution in [0, 0.1) is 0 Å². The van der Waals surface area contributed by atoms with Crippen molar-refractivity contribution in [3.63, 3.8) is 0 Å². The summed E-state index contributed by atoms with van der Waals surface area (Å²) in [4.78, 5) is 9.96. The predicted molar refractivity (Wildman–Crippen MR) is 96.5 cm³/mol. The lowest BCUT2D eigenvalue weighted by atomic mass is 10.3. The molecule has 2 rings (SSSR count). The van der Waals surface area contributed by atoms with E-state index in [4.69, 9.17) is 4.74 Å². The van der Waals surface area contributed by atoms with E-state index in [1.54, 1.807) is 18.4 Å². The Kier molecular flexibility index (Phi) is 7.39. The van der Waals surface area contributed by atoms with Crippen molar-refractivity contribution in [3.8, 4) is 5.75 Å². The third-order valence-corrected chi connectivity index (χ3v) is 4.41. The first-order valence-electron chi connectivity index (χ1n) is 7.87. The second-order valence-corrected chi connectivity index (χ2v) is 6.11. The first-order chi connectivity index (χ1) is 11.3. The number of thiazole rings is 1. The molecule has 0 bridgehead atoms. The van der Waals surface area contributed by atoms with Crippen molar-refractivity contribution in [2.75, 3.05) is 26.7 Å². The minimum absolute atomic E-state index is 0.594. The van der Waals surface area contributed by atoms with Crippen LogP contribution in [0.2, 0.25) is 0 Å². The van der Waals surface area contributed by atoms with Gasteiger partial charge in [-0.15, -0.1) is 11.3 Å². The third kappa shape index (κ3) is 6.28. The minimum Gasteiger partial charge on any atom is -0.492 e. The average molecular weight is 332 g/mol. The summed E-state index contributed by atoms with van der Waals surface area (Å²) in [7, 11) is 1.77. The molecule has 2 N–H and O–H groups in total. The van der Waals surface area contributed by atoms with Crippen LogP contribution in [-0.4, -0.2) is 37.7 Å². The van der Waals surface area contributed by atoms with Crippen LogP contribution in [-0.2, 0) is 12.8 Å². The number of guanidine groups is 1. The van der Waals surface area contributed by atoms with E-state index in [1.165, 1.54) is 4.88 Å². The maximum Gasteiger partial charge on any atom is 0.191 e. The Bertz CT molecular complexity index is 598. The summed E-state index contributed by atoms with van der Waals surface area (Å²) in [6, 6.07) is 9.80. The van der Waals surface area contributed by atoms with E-state index in [1.807, 2.05) is 36.5 Å². The van der Waals surface area contributed by atoms with Gasteiger partial charge in [-0.1, -0.05) is 25.1 Å². The molecule has 0 aliphatic heterocycles. The smallest absolute Gasteiger partial charge is 0.191 e. The van der Waals surface area contributed by atoms with Gasteiger partial charge in [0, 0.05) is 31.1 Å². The molecular weight excluding hydrogens is 308 g/mol. The summed E-state index contributed by atoms with van der Waals surface area (Å²) in [6.45, 7) is 4.26. The summed E-state index contributed by atoms with van der Waals surface area (Å²) >= 11 is 1.78. The molecule has 0 spiro atoms. The van der Waals surface area contributed by atoms with Gasteiger partial charge in [-0.3, -0.25) is 4.99 Å². The first-order valence-corrected chi connectivity index (χ1v) is 8.69. The van der Waals surface area contributed by atoms with Crippen LogP contribution < -0.4 is 15.4 Å². The molecule has 0 unspecified atom stereocenters. The fraction of sp³-hybridized carbons (Fsp3) is 0.412. The van der Waals surface area contributed by atoms with Crippen LogP contribution in [0.5, 0.6) is 5.75 Å². The monoisotopic (exact) mass is 332 g/mol. The molecule has 124 valence electrons. The van der Waals surface area contributed by atoms with Gasteiger partial charge in [0.25, 0.3) is 0 Å². The minimum atomic E-state index is 0.594. The van der Waals surface area contributed by atoms with Crippen molar-refractivity contribution in [1.29, 1.82) is 0 Å². The van der Waals surface area contributed by atoms with Crippen molar-refractivity contribution in [2.45, 2.75) is 19.8 Å². The van der Waals surface area contributed by atoms with E-state index >= 15 is 0 Å². The molecule has 1 aromatic carbocycles. The summed E-state index contributed by atoms with van der Waals surface area (Å²) in [5.41, 5.74) is 0. The van der Waals surface area contributed by atoms with Gasteiger partial charge in [0.1, 0.15) is 12.4 Å². The highest BCUT2D eigenvalue weighted by atomic mass is 32.1. The summed E-state index contributed by atoms with van der Waals surface area (Å²) in [5, 5.41) is 7.70. The van der Waals surface area contributed by atoms with Gasteiger partial charge < -0.3 is 15.4 Å². The van der Waals surface area contributed by atoms with Crippen LogP contribution in [0.1, 0.15) is 16.8 Å². The highest BCUT2D eigenvalue weighted by Gasteiger charge is 2.02. The first kappa shape index (κ1) is 17.3. The molecule has 1 heterocycles. The Balaban J connectivity index is 1.61. The Labute approximate surface area is 141 Å². The molecule has 6 heteroatoms. The Morgan fingerprint density at radius 1 is 1.22 bits per heavy atom. The lowest BCUT2D eigenvalue weighted by molar-refractivity contribution is 0.322. The maximum absolute atomic E-state index is 5.64. The number of aliphatic imine (C=N–C) groups is 1. The molecule has 5 nitrogen and oxygen atoms in total. The fourth-order valence-electron chi connectivity index (χ4n) is 1.99. The number of nitrogens with zero attached hydrogens (tertiary/aromatic N) is 2. The SMILES string of the molecule is CCc1cnc(CCNC(=NC)NCCOc2ccccc2)s1. The molecule has 23 heavy (non-hydrogen) atoms. The number of benzene rings is 1. The van der Waals surface area contributed by atoms with Crippen LogP contribution >= 0.6 is 11.3 Å². The van der Waals surface area contributed by atoms with Gasteiger partial charge in [0.15, 0.2) is 5.96 Å². The third-order valence-electron chi connectivity index (χ3n) is 3.21. The predicted octanol–water partition coefficient (Wildman–Crippen LogP) is 2.49. The number of aromatic nitrogens is 1. The van der Waals surface area contributed by atoms with Gasteiger partial charge in [0.2, 0.25) is 0 Å². The zero-order chi connectivity index (χ0) is 16.3. The molecule has 0 amide bonds. The van der Waals surface area contributed by atoms with E-state index in [-0.39, 0.29) is 0 Å². The zero-order valence-corrected chi connectivity index (χ0v) is 14.5. The topological polar surface area (TPSA) is 58.5 Å². The van der Waals surface area contributed by atoms with Crippen LogP contribution in [0.25, 0.3) is 0 Å². The van der Waals surface area contributed by atoms with Gasteiger partial charge in [-0.2, -0.15) is 0 Å². The number of ether oxygens (including phenoxy) is 1. The molecule has 0 saturated heterocycles. The van der Waals surface area contributed by atoms with E-state index in [9.17, 15) is 0 Å². The van der Waals surface area contributed by atoms with E-state index in [0.717, 1.165) is 36.1 Å². The van der Waals surface area contributed by atoms with E-state index < -0.39 is 0 Å². The fourth-order valence-corrected chi connectivity index (χ4v) is 2.85. The van der Waals surface area contributed by atoms with Gasteiger partial charge >= 0.3 is 0 Å². The normalized spacial score (nSPS) is 11.3. The van der Waals surface area contributed by atoms with Crippen molar-refractivity contribution < 1.29 is 4.74 Å². The Morgan fingerprint density at radius 2 is 2.00 bits per heavy atom. The van der Waals surface area contributed by atoms with Crippen molar-refractivity contribution in [3.05, 3.63) is 46.4 Å². The summed E-state index contributed by atoms with van der Waals surface area (Å²) < 4.78 is 5.64. The van der Waals surface area contributed by atoms with Gasteiger partial charge in [0.05, 0.1) is 11.6 Å². The van der Waals surface area contributed by atoms with Crippen LogP contribution in [0.4, 0.5) is 0 Å². The largest absolute Gasteiger partial charge is 0.492 e. The van der Waals surface area contributed by atoms with Crippen molar-refractivity contribution in [2.24, 2.45) is 4.99 Å². The van der Waals surface area contributed by atoms with Crippen molar-refractivity contribution in [1.82, 2.24) is 15.6 Å². The maximum atomic E-state index is 5.64. The summed E-state index contributed by atoms with van der Waals surface area (Å²) in [5.74, 6) is 1.67. The summed E-state index contributed by atoms with van der Waals surface area (Å²) in [6.07, 6.45) is 3.93. The highest BCUT2D eigenvalue weighted by molar-refractivity contribution is 7.11. The molecule has 0 aliphatic carbocycles. The number of rotatable bonds is 8. The van der Waals surface area contributed by atoms with Gasteiger partial charge in [-0.05, 0) is 18.6 Å². The molecular formula is C17H24N4OS. The standard InChI is InChI=1S/C17H24N4OS/c1-3-15-13-21-16(23-15)9-10-19-17(18-2)20-11-12-22-14-7-5-4-6-8-14/h4-8,13H,3,9-12H2,1-2H3,(H2,18,19,20). The highest BCUT2D eigenvalue weighted by Crippen LogP contribution is 2.13. The second-order valence-electron chi connectivity index (χ2n) is 4.91.